The molecule has 0 aliphatic carbocycles. The number of pyridine rings is 1. The van der Waals surface area contributed by atoms with Crippen molar-refractivity contribution in [1.82, 2.24) is 18.9 Å². The standard InChI is InChI=1S/C14H13FN4O2/c1-3-21-13(20)12-8-19-7-11(17-14(19)18(12)2)10-5-4-9(15)6-16-10/h4-8H,3H2,1-2H3. The second kappa shape index (κ2) is 5.01. The molecule has 108 valence electrons. The van der Waals surface area contributed by atoms with Gasteiger partial charge < -0.3 is 9.30 Å². The minimum Gasteiger partial charge on any atom is -0.461 e. The van der Waals surface area contributed by atoms with Crippen LogP contribution in [0.5, 0.6) is 0 Å². The number of carbonyl (C=O) groups is 1. The Hall–Kier alpha value is -2.70. The lowest BCUT2D eigenvalue weighted by Crippen LogP contribution is -2.09. The summed E-state index contributed by atoms with van der Waals surface area (Å²) < 4.78 is 21.2. The lowest BCUT2D eigenvalue weighted by Gasteiger charge is -2.01. The van der Waals surface area contributed by atoms with Crippen LogP contribution in [-0.4, -0.2) is 31.5 Å². The van der Waals surface area contributed by atoms with Gasteiger partial charge in [-0.3, -0.25) is 9.38 Å². The summed E-state index contributed by atoms with van der Waals surface area (Å²) in [6.07, 6.45) is 4.52. The highest BCUT2D eigenvalue weighted by Gasteiger charge is 2.17. The molecule has 6 nitrogen and oxygen atoms in total. The lowest BCUT2D eigenvalue weighted by atomic mass is 10.3. The van der Waals surface area contributed by atoms with Crippen molar-refractivity contribution in [2.24, 2.45) is 7.05 Å². The zero-order chi connectivity index (χ0) is 15.0. The molecule has 0 aliphatic heterocycles. The molecule has 0 spiro atoms. The number of hydrogen-bond acceptors (Lipinski definition) is 4. The van der Waals surface area contributed by atoms with E-state index in [4.69, 9.17) is 4.74 Å². The molecule has 0 N–H and O–H groups in total. The van der Waals surface area contributed by atoms with Crippen LogP contribution in [0.2, 0.25) is 0 Å². The average molecular weight is 288 g/mol. The van der Waals surface area contributed by atoms with E-state index in [2.05, 4.69) is 9.97 Å². The van der Waals surface area contributed by atoms with Gasteiger partial charge in [0.05, 0.1) is 18.5 Å². The number of nitrogens with zero attached hydrogens (tertiary/aromatic N) is 4. The molecule has 0 atom stereocenters. The van der Waals surface area contributed by atoms with Gasteiger partial charge in [0.25, 0.3) is 0 Å². The number of rotatable bonds is 3. The first-order chi connectivity index (χ1) is 10.1. The van der Waals surface area contributed by atoms with E-state index in [0.717, 1.165) is 6.20 Å². The predicted octanol–water partition coefficient (Wildman–Crippen LogP) is 2.05. The Morgan fingerprint density at radius 2 is 2.14 bits per heavy atom. The Labute approximate surface area is 119 Å². The molecular formula is C14H13FN4O2. The second-order valence-corrected chi connectivity index (χ2v) is 4.49. The molecule has 0 fully saturated rings. The molecular weight excluding hydrogens is 275 g/mol. The van der Waals surface area contributed by atoms with Crippen LogP contribution in [-0.2, 0) is 11.8 Å². The van der Waals surface area contributed by atoms with Gasteiger partial charge in [-0.15, -0.1) is 0 Å². The SMILES string of the molecule is CCOC(=O)c1cn2cc(-c3ccc(F)cn3)nc2n1C. The molecule has 0 amide bonds. The van der Waals surface area contributed by atoms with Crippen molar-refractivity contribution in [3.05, 3.63) is 42.2 Å². The summed E-state index contributed by atoms with van der Waals surface area (Å²) in [6.45, 7) is 2.07. The van der Waals surface area contributed by atoms with Gasteiger partial charge in [-0.25, -0.2) is 14.2 Å². The molecule has 0 aliphatic rings. The maximum absolute atomic E-state index is 12.9. The van der Waals surface area contributed by atoms with E-state index in [1.165, 1.54) is 6.07 Å². The zero-order valence-corrected chi connectivity index (χ0v) is 11.6. The fourth-order valence-electron chi connectivity index (χ4n) is 2.10. The monoisotopic (exact) mass is 288 g/mol. The molecule has 0 saturated heterocycles. The molecule has 21 heavy (non-hydrogen) atoms. The highest BCUT2D eigenvalue weighted by atomic mass is 19.1. The van der Waals surface area contributed by atoms with E-state index in [0.29, 0.717) is 29.5 Å². The first-order valence-corrected chi connectivity index (χ1v) is 6.43. The van der Waals surface area contributed by atoms with Crippen LogP contribution in [0.4, 0.5) is 4.39 Å². The molecule has 0 saturated carbocycles. The molecule has 3 rings (SSSR count). The first kappa shape index (κ1) is 13.3. The fraction of sp³-hybridized carbons (Fsp3) is 0.214. The molecule has 0 bridgehead atoms. The number of carbonyl (C=O) groups excluding carboxylic acids is 1. The Morgan fingerprint density at radius 3 is 2.76 bits per heavy atom. The van der Waals surface area contributed by atoms with Gasteiger partial charge in [0, 0.05) is 19.4 Å². The summed E-state index contributed by atoms with van der Waals surface area (Å²) in [6, 6.07) is 2.89. The van der Waals surface area contributed by atoms with E-state index < -0.39 is 11.8 Å². The van der Waals surface area contributed by atoms with E-state index >= 15 is 0 Å². The summed E-state index contributed by atoms with van der Waals surface area (Å²) in [7, 11) is 1.73. The molecule has 0 aromatic carbocycles. The maximum Gasteiger partial charge on any atom is 0.356 e. The van der Waals surface area contributed by atoms with Gasteiger partial charge in [0.1, 0.15) is 17.2 Å². The van der Waals surface area contributed by atoms with Crippen LogP contribution in [0.3, 0.4) is 0 Å². The van der Waals surface area contributed by atoms with Crippen molar-refractivity contribution >= 4 is 11.7 Å². The Kier molecular flexibility index (Phi) is 3.17. The van der Waals surface area contributed by atoms with Crippen LogP contribution >= 0.6 is 0 Å². The van der Waals surface area contributed by atoms with Crippen LogP contribution < -0.4 is 0 Å². The number of hydrogen-bond donors (Lipinski definition) is 0. The summed E-state index contributed by atoms with van der Waals surface area (Å²) in [5.74, 6) is -0.210. The third-order valence-electron chi connectivity index (χ3n) is 3.11. The van der Waals surface area contributed by atoms with Gasteiger partial charge in [0.15, 0.2) is 0 Å². The Bertz CT molecular complexity index is 804. The summed E-state index contributed by atoms with van der Waals surface area (Å²) in [5.41, 5.74) is 1.59. The number of ether oxygens (including phenoxy) is 1. The van der Waals surface area contributed by atoms with Crippen molar-refractivity contribution in [3.8, 4) is 11.4 Å². The second-order valence-electron chi connectivity index (χ2n) is 4.49. The molecule has 3 aromatic heterocycles. The van der Waals surface area contributed by atoms with Crippen molar-refractivity contribution < 1.29 is 13.9 Å². The number of aryl methyl sites for hydroxylation is 1. The highest BCUT2D eigenvalue weighted by Crippen LogP contribution is 2.19. The van der Waals surface area contributed by atoms with Crippen LogP contribution in [0.1, 0.15) is 17.4 Å². The molecule has 3 heterocycles. The van der Waals surface area contributed by atoms with Gasteiger partial charge in [-0.1, -0.05) is 0 Å². The van der Waals surface area contributed by atoms with Crippen molar-refractivity contribution in [2.45, 2.75) is 6.92 Å². The van der Waals surface area contributed by atoms with E-state index in [1.54, 1.807) is 41.4 Å². The number of halogens is 1. The lowest BCUT2D eigenvalue weighted by molar-refractivity contribution is 0.0515. The Morgan fingerprint density at radius 1 is 1.33 bits per heavy atom. The molecule has 0 unspecified atom stereocenters. The largest absolute Gasteiger partial charge is 0.461 e. The number of esters is 1. The zero-order valence-electron chi connectivity index (χ0n) is 11.6. The highest BCUT2D eigenvalue weighted by molar-refractivity contribution is 5.88. The third kappa shape index (κ3) is 2.26. The molecule has 7 heteroatoms. The third-order valence-corrected chi connectivity index (χ3v) is 3.11. The number of fused-ring (bicyclic) bond motifs is 1. The number of aromatic nitrogens is 4. The van der Waals surface area contributed by atoms with E-state index in [1.807, 2.05) is 0 Å². The normalized spacial score (nSPS) is 11.0. The average Bonchev–Trinajstić information content (AvgIpc) is 3.00. The summed E-state index contributed by atoms with van der Waals surface area (Å²) in [4.78, 5) is 20.2. The fourth-order valence-corrected chi connectivity index (χ4v) is 2.10. The topological polar surface area (TPSA) is 61.4 Å². The van der Waals surface area contributed by atoms with Crippen LogP contribution in [0.25, 0.3) is 17.2 Å². The van der Waals surface area contributed by atoms with Crippen molar-refractivity contribution in [1.29, 1.82) is 0 Å². The quantitative estimate of drug-likeness (QED) is 0.692. The minimum absolute atomic E-state index is 0.317. The summed E-state index contributed by atoms with van der Waals surface area (Å²) >= 11 is 0. The van der Waals surface area contributed by atoms with Gasteiger partial charge in [-0.2, -0.15) is 0 Å². The number of imidazole rings is 2. The van der Waals surface area contributed by atoms with Gasteiger partial charge in [0.2, 0.25) is 5.78 Å². The molecule has 0 radical (unpaired) electrons. The predicted molar refractivity (Wildman–Crippen MR) is 73.3 cm³/mol. The van der Waals surface area contributed by atoms with E-state index in [-0.39, 0.29) is 0 Å². The van der Waals surface area contributed by atoms with Crippen LogP contribution in [0.15, 0.2) is 30.7 Å². The van der Waals surface area contributed by atoms with E-state index in [9.17, 15) is 9.18 Å². The van der Waals surface area contributed by atoms with Gasteiger partial charge in [-0.05, 0) is 19.1 Å². The summed E-state index contributed by atoms with van der Waals surface area (Å²) in [5, 5.41) is 0. The minimum atomic E-state index is -0.396. The molecule has 3 aromatic rings. The van der Waals surface area contributed by atoms with Crippen molar-refractivity contribution in [2.75, 3.05) is 6.61 Å². The smallest absolute Gasteiger partial charge is 0.356 e. The van der Waals surface area contributed by atoms with Crippen molar-refractivity contribution in [3.63, 3.8) is 0 Å². The van der Waals surface area contributed by atoms with Gasteiger partial charge >= 0.3 is 5.97 Å². The first-order valence-electron chi connectivity index (χ1n) is 6.43. The maximum atomic E-state index is 12.9. The Balaban J connectivity index is 2.02. The van der Waals surface area contributed by atoms with Crippen LogP contribution in [0, 0.1) is 5.82 Å².